The molecule has 0 spiro atoms. The number of carbonyl (C=O) groups is 1. The largest absolute Gasteiger partial charge is 0.481 e. The van der Waals surface area contributed by atoms with Crippen LogP contribution < -0.4 is 0 Å². The first-order chi connectivity index (χ1) is 5.61. The fraction of sp³-hybridized carbons (Fsp3) is 0.143. The highest BCUT2D eigenvalue weighted by atomic mass is 127. The van der Waals surface area contributed by atoms with Crippen LogP contribution in [0.1, 0.15) is 5.56 Å². The first-order valence-electron chi connectivity index (χ1n) is 3.12. The highest BCUT2D eigenvalue weighted by molar-refractivity contribution is 14.1. The Balaban J connectivity index is 3.00. The van der Waals surface area contributed by atoms with E-state index in [1.165, 1.54) is 12.3 Å². The van der Waals surface area contributed by atoms with Gasteiger partial charge in [0.2, 0.25) is 0 Å². The van der Waals surface area contributed by atoms with E-state index >= 15 is 0 Å². The maximum absolute atomic E-state index is 13.0. The van der Waals surface area contributed by atoms with E-state index in [2.05, 4.69) is 4.98 Å². The summed E-state index contributed by atoms with van der Waals surface area (Å²) in [7, 11) is 0. The van der Waals surface area contributed by atoms with Crippen LogP contribution >= 0.6 is 22.6 Å². The minimum Gasteiger partial charge on any atom is -0.481 e. The second-order valence-electron chi connectivity index (χ2n) is 2.15. The fourth-order valence-electron chi connectivity index (χ4n) is 0.754. The van der Waals surface area contributed by atoms with E-state index < -0.39 is 11.8 Å². The third-order valence-electron chi connectivity index (χ3n) is 1.27. The summed E-state index contributed by atoms with van der Waals surface area (Å²) in [5.74, 6) is -1.59. The molecule has 1 aromatic rings. The Morgan fingerprint density at radius 3 is 3.00 bits per heavy atom. The Morgan fingerprint density at radius 1 is 1.75 bits per heavy atom. The molecule has 0 aromatic carbocycles. The van der Waals surface area contributed by atoms with Crippen molar-refractivity contribution < 1.29 is 14.3 Å². The summed E-state index contributed by atoms with van der Waals surface area (Å²) in [5.41, 5.74) is 0.168. The van der Waals surface area contributed by atoms with Gasteiger partial charge in [0, 0.05) is 11.8 Å². The Hall–Kier alpha value is -0.720. The molecule has 0 fully saturated rings. The minimum absolute atomic E-state index is 0.168. The van der Waals surface area contributed by atoms with Gasteiger partial charge in [-0.15, -0.1) is 0 Å². The predicted octanol–water partition coefficient (Wildman–Crippen LogP) is 1.45. The molecule has 3 nitrogen and oxygen atoms in total. The van der Waals surface area contributed by atoms with Gasteiger partial charge in [0.25, 0.3) is 0 Å². The van der Waals surface area contributed by atoms with E-state index in [-0.39, 0.29) is 15.7 Å². The number of aromatic nitrogens is 1. The van der Waals surface area contributed by atoms with Crippen molar-refractivity contribution in [3.05, 3.63) is 27.3 Å². The Labute approximate surface area is 81.8 Å². The Kier molecular flexibility index (Phi) is 2.96. The lowest BCUT2D eigenvalue weighted by atomic mass is 10.2. The number of hydrogen-bond acceptors (Lipinski definition) is 2. The summed E-state index contributed by atoms with van der Waals surface area (Å²) in [6, 6.07) is 1.37. The number of aliphatic carboxylic acids is 1. The van der Waals surface area contributed by atoms with Crippen molar-refractivity contribution >= 4 is 28.6 Å². The van der Waals surface area contributed by atoms with Gasteiger partial charge in [-0.05, 0) is 28.7 Å². The molecular formula is C7H5FINO2. The lowest BCUT2D eigenvalue weighted by Crippen LogP contribution is -2.04. The van der Waals surface area contributed by atoms with E-state index in [9.17, 15) is 9.18 Å². The van der Waals surface area contributed by atoms with Crippen molar-refractivity contribution in [1.29, 1.82) is 0 Å². The van der Waals surface area contributed by atoms with E-state index in [4.69, 9.17) is 5.11 Å². The summed E-state index contributed by atoms with van der Waals surface area (Å²) in [6.07, 6.45) is 1.09. The van der Waals surface area contributed by atoms with Crippen LogP contribution in [0.5, 0.6) is 0 Å². The highest BCUT2D eigenvalue weighted by Gasteiger charge is 2.09. The van der Waals surface area contributed by atoms with E-state index in [0.717, 1.165) is 0 Å². The second kappa shape index (κ2) is 3.79. The average Bonchev–Trinajstić information content (AvgIpc) is 1.98. The quantitative estimate of drug-likeness (QED) is 0.659. The number of halogens is 2. The molecule has 64 valence electrons. The zero-order chi connectivity index (χ0) is 9.14. The van der Waals surface area contributed by atoms with Gasteiger partial charge in [0.15, 0.2) is 5.82 Å². The van der Waals surface area contributed by atoms with Gasteiger partial charge in [-0.3, -0.25) is 4.79 Å². The van der Waals surface area contributed by atoms with Crippen LogP contribution in [-0.4, -0.2) is 16.1 Å². The SMILES string of the molecule is O=C(O)Cc1ccnc(I)c1F. The molecule has 5 heteroatoms. The highest BCUT2D eigenvalue weighted by Crippen LogP contribution is 2.12. The summed E-state index contributed by atoms with van der Waals surface area (Å²) in [5, 5.41) is 8.39. The van der Waals surface area contributed by atoms with Gasteiger partial charge in [-0.2, -0.15) is 0 Å². The van der Waals surface area contributed by atoms with E-state index in [0.29, 0.717) is 0 Å². The predicted molar refractivity (Wildman–Crippen MR) is 48.3 cm³/mol. The molecule has 0 atom stereocenters. The molecule has 1 rings (SSSR count). The minimum atomic E-state index is -1.05. The summed E-state index contributed by atoms with van der Waals surface area (Å²) < 4.78 is 13.2. The lowest BCUT2D eigenvalue weighted by Gasteiger charge is -1.99. The van der Waals surface area contributed by atoms with Crippen LogP contribution in [0.2, 0.25) is 0 Å². The van der Waals surface area contributed by atoms with Crippen LogP contribution in [0.4, 0.5) is 4.39 Å². The molecule has 0 aliphatic heterocycles. The van der Waals surface area contributed by atoms with E-state index in [1.807, 2.05) is 0 Å². The Morgan fingerprint density at radius 2 is 2.42 bits per heavy atom. The molecule has 0 radical (unpaired) electrons. The summed E-state index contributed by atoms with van der Waals surface area (Å²) in [4.78, 5) is 13.9. The van der Waals surface area contributed by atoms with Crippen molar-refractivity contribution in [2.24, 2.45) is 0 Å². The van der Waals surface area contributed by atoms with Crippen LogP contribution in [-0.2, 0) is 11.2 Å². The number of pyridine rings is 1. The number of nitrogens with zero attached hydrogens (tertiary/aromatic N) is 1. The van der Waals surface area contributed by atoms with Gasteiger partial charge in [-0.25, -0.2) is 9.37 Å². The van der Waals surface area contributed by atoms with Crippen LogP contribution in [0, 0.1) is 9.52 Å². The third-order valence-corrected chi connectivity index (χ3v) is 2.02. The Bertz CT molecular complexity index is 316. The average molecular weight is 281 g/mol. The summed E-state index contributed by atoms with van der Waals surface area (Å²) in [6.45, 7) is 0. The fourth-order valence-corrected chi connectivity index (χ4v) is 1.26. The van der Waals surface area contributed by atoms with Crippen molar-refractivity contribution in [2.45, 2.75) is 6.42 Å². The van der Waals surface area contributed by atoms with Crippen molar-refractivity contribution in [3.8, 4) is 0 Å². The molecule has 0 saturated carbocycles. The molecule has 0 amide bonds. The normalized spacial score (nSPS) is 9.83. The van der Waals surface area contributed by atoms with Gasteiger partial charge >= 0.3 is 5.97 Å². The maximum atomic E-state index is 13.0. The summed E-state index contributed by atoms with van der Waals surface area (Å²) >= 11 is 1.72. The molecule has 0 bridgehead atoms. The zero-order valence-electron chi connectivity index (χ0n) is 5.92. The molecule has 1 aromatic heterocycles. The molecule has 0 saturated heterocycles. The molecule has 1 heterocycles. The number of rotatable bonds is 2. The lowest BCUT2D eigenvalue weighted by molar-refractivity contribution is -0.136. The van der Waals surface area contributed by atoms with Crippen molar-refractivity contribution in [2.75, 3.05) is 0 Å². The third kappa shape index (κ3) is 2.13. The van der Waals surface area contributed by atoms with Crippen LogP contribution in [0.15, 0.2) is 12.3 Å². The van der Waals surface area contributed by atoms with E-state index in [1.54, 1.807) is 22.6 Å². The van der Waals surface area contributed by atoms with Gasteiger partial charge in [0.05, 0.1) is 6.42 Å². The number of carboxylic acids is 1. The first-order valence-corrected chi connectivity index (χ1v) is 4.20. The van der Waals surface area contributed by atoms with Crippen LogP contribution in [0.3, 0.4) is 0 Å². The van der Waals surface area contributed by atoms with Crippen molar-refractivity contribution in [1.82, 2.24) is 4.98 Å². The smallest absolute Gasteiger partial charge is 0.307 e. The molecule has 0 aliphatic carbocycles. The standard InChI is InChI=1S/C7H5FINO2/c8-6-4(3-5(11)12)1-2-10-7(6)9/h1-2H,3H2,(H,11,12). The zero-order valence-corrected chi connectivity index (χ0v) is 8.08. The van der Waals surface area contributed by atoms with Gasteiger partial charge < -0.3 is 5.11 Å². The topological polar surface area (TPSA) is 50.2 Å². The molecule has 1 N–H and O–H groups in total. The van der Waals surface area contributed by atoms with Crippen molar-refractivity contribution in [3.63, 3.8) is 0 Å². The molecule has 0 unspecified atom stereocenters. The first kappa shape index (κ1) is 9.37. The monoisotopic (exact) mass is 281 g/mol. The number of hydrogen-bond donors (Lipinski definition) is 1. The maximum Gasteiger partial charge on any atom is 0.307 e. The molecule has 0 aliphatic rings. The number of carboxylic acid groups (broad SMARTS) is 1. The van der Waals surface area contributed by atoms with Gasteiger partial charge in [0.1, 0.15) is 3.70 Å². The molecular weight excluding hydrogens is 276 g/mol. The van der Waals surface area contributed by atoms with Crippen LogP contribution in [0.25, 0.3) is 0 Å². The van der Waals surface area contributed by atoms with Gasteiger partial charge in [-0.1, -0.05) is 0 Å². The second-order valence-corrected chi connectivity index (χ2v) is 3.17. The molecule has 12 heavy (non-hydrogen) atoms.